The van der Waals surface area contributed by atoms with Gasteiger partial charge in [-0.15, -0.1) is 0 Å². The topological polar surface area (TPSA) is 78.4 Å². The Balaban J connectivity index is 1.29. The number of nitrogens with one attached hydrogen (secondary N) is 1. The summed E-state index contributed by atoms with van der Waals surface area (Å²) in [5, 5.41) is 4.77. The minimum Gasteiger partial charge on any atom is -0.355 e. The molecule has 1 N–H and O–H groups in total. The molecule has 0 spiro atoms. The lowest BCUT2D eigenvalue weighted by atomic mass is 10.1. The van der Waals surface area contributed by atoms with Crippen molar-refractivity contribution in [1.82, 2.24) is 20.2 Å². The maximum atomic E-state index is 12.9. The Kier molecular flexibility index (Phi) is 9.54. The van der Waals surface area contributed by atoms with Crippen molar-refractivity contribution in [1.29, 1.82) is 0 Å². The van der Waals surface area contributed by atoms with Gasteiger partial charge >= 0.3 is 0 Å². The number of hydrogen-bond donors (Lipinski definition) is 1. The lowest BCUT2D eigenvalue weighted by molar-refractivity contribution is -0.118. The number of carbonyl (C=O) groups excluding carboxylic acids is 2. The van der Waals surface area contributed by atoms with Gasteiger partial charge in [-0.3, -0.25) is 9.59 Å². The highest BCUT2D eigenvalue weighted by Gasteiger charge is 2.29. The van der Waals surface area contributed by atoms with Crippen molar-refractivity contribution in [2.24, 2.45) is 0 Å². The van der Waals surface area contributed by atoms with Gasteiger partial charge in [-0.05, 0) is 43.2 Å². The molecule has 0 saturated carbocycles. The maximum absolute atomic E-state index is 12.9. The quantitative estimate of drug-likeness (QED) is 0.224. The number of aromatic nitrogens is 2. The van der Waals surface area contributed by atoms with Crippen molar-refractivity contribution in [2.75, 3.05) is 36.8 Å². The first kappa shape index (κ1) is 27.5. The van der Waals surface area contributed by atoms with Gasteiger partial charge in [0.15, 0.2) is 5.16 Å². The van der Waals surface area contributed by atoms with Crippen LogP contribution in [0.1, 0.15) is 22.8 Å². The first-order chi connectivity index (χ1) is 17.8. The van der Waals surface area contributed by atoms with Gasteiger partial charge < -0.3 is 15.1 Å². The lowest BCUT2D eigenvalue weighted by Crippen LogP contribution is -2.54. The molecule has 1 aliphatic heterocycles. The van der Waals surface area contributed by atoms with Crippen LogP contribution in [0.15, 0.2) is 59.8 Å². The van der Waals surface area contributed by atoms with Crippen LogP contribution in [0.4, 0.5) is 5.82 Å². The summed E-state index contributed by atoms with van der Waals surface area (Å²) in [6.07, 6.45) is 0.598. The van der Waals surface area contributed by atoms with Gasteiger partial charge in [-0.1, -0.05) is 70.8 Å². The zero-order chi connectivity index (χ0) is 26.4. The van der Waals surface area contributed by atoms with E-state index in [0.717, 1.165) is 5.56 Å². The third-order valence-electron chi connectivity index (χ3n) is 5.96. The number of anilines is 1. The second-order valence-corrected chi connectivity index (χ2v) is 10.8. The van der Waals surface area contributed by atoms with E-state index in [1.165, 1.54) is 11.8 Å². The van der Waals surface area contributed by atoms with Crippen molar-refractivity contribution in [3.8, 4) is 0 Å². The summed E-state index contributed by atoms with van der Waals surface area (Å²) in [6.45, 7) is 4.27. The van der Waals surface area contributed by atoms with Gasteiger partial charge in [-0.2, -0.15) is 0 Å². The average molecular weight is 579 g/mol. The van der Waals surface area contributed by atoms with E-state index in [-0.39, 0.29) is 23.6 Å². The molecule has 4 rings (SSSR count). The maximum Gasteiger partial charge on any atom is 0.254 e. The number of carbonyl (C=O) groups is 2. The molecule has 0 bridgehead atoms. The molecule has 37 heavy (non-hydrogen) atoms. The summed E-state index contributed by atoms with van der Waals surface area (Å²) in [7, 11) is 0. The van der Waals surface area contributed by atoms with Crippen molar-refractivity contribution in [3.05, 3.63) is 80.9 Å². The SMILES string of the molecule is CC1CN(c2cc(Cl)nc(SCC(=O)NCCc3ccc(Cl)cc3Cl)n2)CCN1C(=O)c1ccccc1. The van der Waals surface area contributed by atoms with Crippen LogP contribution in [-0.2, 0) is 11.2 Å². The summed E-state index contributed by atoms with van der Waals surface area (Å²) in [5.74, 6) is 0.721. The van der Waals surface area contributed by atoms with E-state index in [1.807, 2.05) is 48.2 Å². The summed E-state index contributed by atoms with van der Waals surface area (Å²) < 4.78 is 0. The highest BCUT2D eigenvalue weighted by Crippen LogP contribution is 2.25. The Morgan fingerprint density at radius 1 is 1.05 bits per heavy atom. The van der Waals surface area contributed by atoms with Gasteiger partial charge in [0.2, 0.25) is 5.91 Å². The standard InChI is InChI=1S/C26H26Cl3N5O2S/c1-17-15-33(11-12-34(17)25(36)19-5-3-2-4-6-19)23-14-22(29)31-26(32-23)37-16-24(35)30-10-9-18-7-8-20(27)13-21(18)28/h2-8,13-14,17H,9-12,15-16H2,1H3,(H,30,35). The normalized spacial score (nSPS) is 15.5. The first-order valence-corrected chi connectivity index (χ1v) is 13.9. The summed E-state index contributed by atoms with van der Waals surface area (Å²) >= 11 is 19.6. The van der Waals surface area contributed by atoms with E-state index >= 15 is 0 Å². The van der Waals surface area contributed by atoms with Crippen LogP contribution < -0.4 is 10.2 Å². The number of amides is 2. The number of benzene rings is 2. The molecular formula is C26H26Cl3N5O2S. The average Bonchev–Trinajstić information content (AvgIpc) is 2.88. The Hall–Kier alpha value is -2.52. The molecule has 194 valence electrons. The second-order valence-electron chi connectivity index (χ2n) is 8.62. The molecule has 0 radical (unpaired) electrons. The van der Waals surface area contributed by atoms with Crippen molar-refractivity contribution in [2.45, 2.75) is 24.5 Å². The van der Waals surface area contributed by atoms with Gasteiger partial charge in [-0.25, -0.2) is 9.97 Å². The lowest BCUT2D eigenvalue weighted by Gasteiger charge is -2.40. The molecule has 1 saturated heterocycles. The molecular weight excluding hydrogens is 553 g/mol. The molecule has 1 fully saturated rings. The second kappa shape index (κ2) is 12.8. The number of rotatable bonds is 8. The number of hydrogen-bond acceptors (Lipinski definition) is 6. The van der Waals surface area contributed by atoms with E-state index in [0.29, 0.717) is 64.3 Å². The fourth-order valence-electron chi connectivity index (χ4n) is 4.07. The Bertz CT molecular complexity index is 1260. The van der Waals surface area contributed by atoms with Gasteiger partial charge in [0.25, 0.3) is 5.91 Å². The molecule has 7 nitrogen and oxygen atoms in total. The van der Waals surface area contributed by atoms with E-state index in [9.17, 15) is 9.59 Å². The van der Waals surface area contributed by atoms with Gasteiger partial charge in [0.1, 0.15) is 11.0 Å². The molecule has 1 atom stereocenters. The monoisotopic (exact) mass is 577 g/mol. The predicted octanol–water partition coefficient (Wildman–Crippen LogP) is 5.24. The van der Waals surface area contributed by atoms with Crippen molar-refractivity contribution in [3.63, 3.8) is 0 Å². The molecule has 2 heterocycles. The molecule has 1 aromatic heterocycles. The fourth-order valence-corrected chi connectivity index (χ4v) is 5.48. The molecule has 2 amide bonds. The predicted molar refractivity (Wildman–Crippen MR) is 150 cm³/mol. The van der Waals surface area contributed by atoms with Crippen LogP contribution in [-0.4, -0.2) is 64.7 Å². The Morgan fingerprint density at radius 2 is 1.84 bits per heavy atom. The molecule has 1 unspecified atom stereocenters. The van der Waals surface area contributed by atoms with Crippen LogP contribution in [0.2, 0.25) is 15.2 Å². The van der Waals surface area contributed by atoms with Crippen LogP contribution >= 0.6 is 46.6 Å². The molecule has 2 aromatic carbocycles. The minimum absolute atomic E-state index is 0.00813. The third kappa shape index (κ3) is 7.51. The summed E-state index contributed by atoms with van der Waals surface area (Å²) in [4.78, 5) is 38.1. The van der Waals surface area contributed by atoms with E-state index in [2.05, 4.69) is 20.2 Å². The van der Waals surface area contributed by atoms with Gasteiger partial charge in [0.05, 0.1) is 5.75 Å². The van der Waals surface area contributed by atoms with E-state index < -0.39 is 0 Å². The number of thioether (sulfide) groups is 1. The number of halogens is 3. The largest absolute Gasteiger partial charge is 0.355 e. The highest BCUT2D eigenvalue weighted by atomic mass is 35.5. The smallest absolute Gasteiger partial charge is 0.254 e. The van der Waals surface area contributed by atoms with Crippen molar-refractivity contribution < 1.29 is 9.59 Å². The van der Waals surface area contributed by atoms with E-state index in [4.69, 9.17) is 34.8 Å². The first-order valence-electron chi connectivity index (χ1n) is 11.8. The van der Waals surface area contributed by atoms with Crippen LogP contribution in [0.3, 0.4) is 0 Å². The van der Waals surface area contributed by atoms with E-state index in [1.54, 1.807) is 18.2 Å². The zero-order valence-corrected chi connectivity index (χ0v) is 23.2. The van der Waals surface area contributed by atoms with Crippen molar-refractivity contribution >= 4 is 64.2 Å². The Labute approximate surface area is 235 Å². The van der Waals surface area contributed by atoms with Crippen LogP contribution in [0.5, 0.6) is 0 Å². The molecule has 1 aliphatic rings. The third-order valence-corrected chi connectivity index (χ3v) is 7.59. The summed E-state index contributed by atoms with van der Waals surface area (Å²) in [6, 6.07) is 16.3. The highest BCUT2D eigenvalue weighted by molar-refractivity contribution is 7.99. The fraction of sp³-hybridized carbons (Fsp3) is 0.308. The zero-order valence-electron chi connectivity index (χ0n) is 20.2. The van der Waals surface area contributed by atoms with Crippen LogP contribution in [0, 0.1) is 0 Å². The Morgan fingerprint density at radius 3 is 2.57 bits per heavy atom. The molecule has 11 heteroatoms. The molecule has 3 aromatic rings. The molecule has 0 aliphatic carbocycles. The van der Waals surface area contributed by atoms with Crippen LogP contribution in [0.25, 0.3) is 0 Å². The number of piperazine rings is 1. The minimum atomic E-state index is -0.137. The van der Waals surface area contributed by atoms with Gasteiger partial charge in [0, 0.05) is 53.9 Å². The number of nitrogens with zero attached hydrogens (tertiary/aromatic N) is 4. The summed E-state index contributed by atoms with van der Waals surface area (Å²) in [5.41, 5.74) is 1.60.